The zero-order chi connectivity index (χ0) is 25.4. The van der Waals surface area contributed by atoms with Gasteiger partial charge in [-0.05, 0) is 36.3 Å². The number of aromatic nitrogens is 1. The predicted molar refractivity (Wildman–Crippen MR) is 140 cm³/mol. The number of carbonyl (C=O) groups excluding carboxylic acids is 1. The van der Waals surface area contributed by atoms with Crippen molar-refractivity contribution in [2.45, 2.75) is 13.0 Å². The highest BCUT2D eigenvalue weighted by Crippen LogP contribution is 2.39. The van der Waals surface area contributed by atoms with Crippen LogP contribution in [0.2, 0.25) is 0 Å². The average molecular weight is 511 g/mol. The van der Waals surface area contributed by atoms with E-state index >= 15 is 0 Å². The molecule has 0 aliphatic carbocycles. The molecule has 0 spiro atoms. The van der Waals surface area contributed by atoms with Gasteiger partial charge < -0.3 is 14.2 Å². The van der Waals surface area contributed by atoms with Gasteiger partial charge in [-0.25, -0.2) is 9.79 Å². The highest BCUT2D eigenvalue weighted by molar-refractivity contribution is 7.07. The number of hydrogen-bond donors (Lipinski definition) is 0. The summed E-state index contributed by atoms with van der Waals surface area (Å²) in [6.07, 6.45) is 1.84. The van der Waals surface area contributed by atoms with E-state index in [0.29, 0.717) is 37.7 Å². The van der Waals surface area contributed by atoms with Crippen molar-refractivity contribution in [2.75, 3.05) is 13.4 Å². The molecule has 0 unspecified atom stereocenters. The zero-order valence-electron chi connectivity index (χ0n) is 19.9. The summed E-state index contributed by atoms with van der Waals surface area (Å²) in [6.45, 7) is 2.07. The summed E-state index contributed by atoms with van der Waals surface area (Å²) in [5.74, 6) is 0.653. The summed E-state index contributed by atoms with van der Waals surface area (Å²) in [7, 11) is 0. The highest BCUT2D eigenvalue weighted by Gasteiger charge is 2.36. The van der Waals surface area contributed by atoms with Crippen LogP contribution in [0.15, 0.2) is 94.2 Å². The number of fused-ring (bicyclic) bond motifs is 2. The maximum absolute atomic E-state index is 13.9. The van der Waals surface area contributed by atoms with E-state index in [1.165, 1.54) is 11.3 Å². The molecule has 0 saturated carbocycles. The van der Waals surface area contributed by atoms with Crippen LogP contribution < -0.4 is 24.4 Å². The fraction of sp³-hybridized carbons (Fsp3) is 0.138. The number of rotatable bonds is 5. The normalized spacial score (nSPS) is 16.4. The first-order chi connectivity index (χ1) is 18.1. The van der Waals surface area contributed by atoms with Gasteiger partial charge in [-0.3, -0.25) is 9.36 Å². The van der Waals surface area contributed by atoms with E-state index < -0.39 is 12.0 Å². The van der Waals surface area contributed by atoms with Crippen molar-refractivity contribution in [3.8, 4) is 11.5 Å². The van der Waals surface area contributed by atoms with Crippen LogP contribution in [0.25, 0.3) is 11.8 Å². The minimum atomic E-state index is -0.766. The number of nitrogens with zero attached hydrogens (tertiary/aromatic N) is 2. The number of ether oxygens (including phenoxy) is 3. The van der Waals surface area contributed by atoms with E-state index in [-0.39, 0.29) is 19.0 Å². The average Bonchev–Trinajstić information content (AvgIpc) is 3.52. The van der Waals surface area contributed by atoms with Crippen molar-refractivity contribution in [2.24, 2.45) is 4.99 Å². The number of hydrogen-bond acceptors (Lipinski definition) is 7. The van der Waals surface area contributed by atoms with Crippen LogP contribution in [0.1, 0.15) is 29.7 Å². The molecule has 0 radical (unpaired) electrons. The molecule has 2 aliphatic heterocycles. The van der Waals surface area contributed by atoms with E-state index in [4.69, 9.17) is 19.2 Å². The summed E-state index contributed by atoms with van der Waals surface area (Å²) >= 11 is 1.29. The van der Waals surface area contributed by atoms with Gasteiger partial charge in [0.1, 0.15) is 0 Å². The van der Waals surface area contributed by atoms with Crippen molar-refractivity contribution < 1.29 is 19.0 Å². The molecule has 0 N–H and O–H groups in total. The van der Waals surface area contributed by atoms with Crippen molar-refractivity contribution in [1.82, 2.24) is 4.57 Å². The van der Waals surface area contributed by atoms with Gasteiger partial charge in [-0.2, -0.15) is 0 Å². The molecule has 37 heavy (non-hydrogen) atoms. The van der Waals surface area contributed by atoms with Gasteiger partial charge in [0, 0.05) is 5.56 Å². The van der Waals surface area contributed by atoms with Crippen LogP contribution in [-0.2, 0) is 9.53 Å². The van der Waals surface area contributed by atoms with Gasteiger partial charge in [-0.1, -0.05) is 78.1 Å². The topological polar surface area (TPSA) is 79.1 Å². The quantitative estimate of drug-likeness (QED) is 0.383. The third kappa shape index (κ3) is 4.15. The molecule has 0 saturated heterocycles. The molecule has 184 valence electrons. The molecule has 7 nitrogen and oxygen atoms in total. The number of thiazole rings is 1. The highest BCUT2D eigenvalue weighted by atomic mass is 32.1. The van der Waals surface area contributed by atoms with Crippen LogP contribution in [-0.4, -0.2) is 23.9 Å². The van der Waals surface area contributed by atoms with Crippen molar-refractivity contribution in [3.05, 3.63) is 121 Å². The van der Waals surface area contributed by atoms with Crippen LogP contribution in [0, 0.1) is 0 Å². The standard InChI is InChI=1S/C29H22N2O5S/c1-2-34-28(33)24-25(19-11-7-4-8-12-19)30-29-31(26(24)20-13-14-21-22(16-20)36-17-35-21)27(32)23(37-29)15-18-9-5-3-6-10-18/h3-16,26H,2,17H2,1H3/t26-/m1/s1. The van der Waals surface area contributed by atoms with Crippen LogP contribution >= 0.6 is 11.3 Å². The van der Waals surface area contributed by atoms with E-state index in [9.17, 15) is 9.59 Å². The predicted octanol–water partition coefficient (Wildman–Crippen LogP) is 3.66. The summed E-state index contributed by atoms with van der Waals surface area (Å²) in [5.41, 5.74) is 2.91. The van der Waals surface area contributed by atoms with Gasteiger partial charge in [0.25, 0.3) is 5.56 Å². The van der Waals surface area contributed by atoms with Gasteiger partial charge in [0.05, 0.1) is 28.5 Å². The van der Waals surface area contributed by atoms with Crippen LogP contribution in [0.3, 0.4) is 0 Å². The molecule has 0 amide bonds. The van der Waals surface area contributed by atoms with Crippen LogP contribution in [0.4, 0.5) is 0 Å². The zero-order valence-corrected chi connectivity index (χ0v) is 20.7. The molecule has 0 fully saturated rings. The van der Waals surface area contributed by atoms with E-state index in [2.05, 4.69) is 0 Å². The van der Waals surface area contributed by atoms with Gasteiger partial charge in [0.2, 0.25) is 6.79 Å². The Labute approximate surface area is 216 Å². The fourth-order valence-electron chi connectivity index (χ4n) is 4.54. The fourth-order valence-corrected chi connectivity index (χ4v) is 5.54. The Kier molecular flexibility index (Phi) is 5.94. The monoisotopic (exact) mass is 510 g/mol. The Morgan fingerprint density at radius 3 is 2.54 bits per heavy atom. The third-order valence-corrected chi connectivity index (χ3v) is 7.17. The van der Waals surface area contributed by atoms with E-state index in [0.717, 1.165) is 11.1 Å². The number of benzene rings is 3. The summed E-state index contributed by atoms with van der Waals surface area (Å²) in [4.78, 5) is 32.7. The molecular weight excluding hydrogens is 488 g/mol. The first-order valence-corrected chi connectivity index (χ1v) is 12.7. The van der Waals surface area contributed by atoms with Crippen molar-refractivity contribution in [3.63, 3.8) is 0 Å². The summed E-state index contributed by atoms with van der Waals surface area (Å²) in [6, 6.07) is 23.8. The lowest BCUT2D eigenvalue weighted by atomic mass is 9.93. The van der Waals surface area contributed by atoms with Gasteiger partial charge >= 0.3 is 5.97 Å². The Morgan fingerprint density at radius 1 is 1.05 bits per heavy atom. The van der Waals surface area contributed by atoms with Gasteiger partial charge in [0.15, 0.2) is 16.3 Å². The molecule has 0 bridgehead atoms. The molecule has 2 aliphatic rings. The minimum Gasteiger partial charge on any atom is -0.463 e. The molecule has 4 aromatic rings. The van der Waals surface area contributed by atoms with Crippen LogP contribution in [0.5, 0.6) is 11.5 Å². The van der Waals surface area contributed by atoms with E-state index in [1.807, 2.05) is 78.9 Å². The summed E-state index contributed by atoms with van der Waals surface area (Å²) in [5, 5.41) is 0. The van der Waals surface area contributed by atoms with Gasteiger partial charge in [-0.15, -0.1) is 0 Å². The second-order valence-electron chi connectivity index (χ2n) is 8.45. The second-order valence-corrected chi connectivity index (χ2v) is 9.46. The first kappa shape index (κ1) is 23.0. The van der Waals surface area contributed by atoms with Crippen molar-refractivity contribution >= 4 is 29.1 Å². The summed E-state index contributed by atoms with van der Waals surface area (Å²) < 4.78 is 18.7. The number of carbonyl (C=O) groups is 1. The Hall–Kier alpha value is -4.43. The lowest BCUT2D eigenvalue weighted by Gasteiger charge is -2.26. The van der Waals surface area contributed by atoms with Crippen molar-refractivity contribution in [1.29, 1.82) is 0 Å². The SMILES string of the molecule is CCOC(=O)C1=C(c2ccccc2)N=c2sc(=Cc3ccccc3)c(=O)n2[C@@H]1c1ccc2c(c1)OCO2. The lowest BCUT2D eigenvalue weighted by molar-refractivity contribution is -0.138. The minimum absolute atomic E-state index is 0.120. The second kappa shape index (κ2) is 9.55. The Bertz CT molecular complexity index is 1700. The smallest absolute Gasteiger partial charge is 0.338 e. The Morgan fingerprint density at radius 2 is 1.78 bits per heavy atom. The first-order valence-electron chi connectivity index (χ1n) is 11.9. The molecular formula is C29H22N2O5S. The van der Waals surface area contributed by atoms with E-state index in [1.54, 1.807) is 17.6 Å². The largest absolute Gasteiger partial charge is 0.463 e. The molecule has 3 aromatic carbocycles. The lowest BCUT2D eigenvalue weighted by Crippen LogP contribution is -2.40. The number of esters is 1. The molecule has 1 aromatic heterocycles. The molecule has 6 rings (SSSR count). The maximum atomic E-state index is 13.9. The Balaban J connectivity index is 1.66. The molecule has 8 heteroatoms. The third-order valence-electron chi connectivity index (χ3n) is 6.18. The molecule has 1 atom stereocenters. The maximum Gasteiger partial charge on any atom is 0.338 e. The molecule has 3 heterocycles.